The standard InChI is InChI=1S/C14H15ClF2N4O/c1-7-10(15)4-11(16)13(12(7)17)20-14(22)19-8(2)9-5-18-21(3)6-9/h4-6,8H,1-3H3,(H2,19,20,22)/t8-/m0/s1. The largest absolute Gasteiger partial charge is 0.331 e. The molecule has 0 radical (unpaired) electrons. The molecule has 2 rings (SSSR count). The van der Waals surface area contributed by atoms with E-state index in [2.05, 4.69) is 15.7 Å². The molecule has 5 nitrogen and oxygen atoms in total. The highest BCUT2D eigenvalue weighted by atomic mass is 35.5. The second-order valence-electron chi connectivity index (χ2n) is 4.92. The predicted octanol–water partition coefficient (Wildman–Crippen LogP) is 3.54. The third kappa shape index (κ3) is 3.36. The van der Waals surface area contributed by atoms with Crippen molar-refractivity contribution in [3.05, 3.63) is 46.2 Å². The van der Waals surface area contributed by atoms with E-state index >= 15 is 0 Å². The number of hydrogen-bond donors (Lipinski definition) is 2. The smallest absolute Gasteiger partial charge is 0.319 e. The van der Waals surface area contributed by atoms with Crippen LogP contribution in [0.5, 0.6) is 0 Å². The van der Waals surface area contributed by atoms with Crippen molar-refractivity contribution in [3.8, 4) is 0 Å². The Labute approximate surface area is 131 Å². The molecule has 1 aromatic carbocycles. The van der Waals surface area contributed by atoms with Gasteiger partial charge in [-0.3, -0.25) is 4.68 Å². The van der Waals surface area contributed by atoms with E-state index in [9.17, 15) is 13.6 Å². The first-order valence-corrected chi connectivity index (χ1v) is 6.87. The van der Waals surface area contributed by atoms with Crippen LogP contribution in [0.3, 0.4) is 0 Å². The van der Waals surface area contributed by atoms with Crippen molar-refractivity contribution in [2.24, 2.45) is 7.05 Å². The number of nitrogens with zero attached hydrogens (tertiary/aromatic N) is 2. The van der Waals surface area contributed by atoms with Gasteiger partial charge in [0.25, 0.3) is 0 Å². The van der Waals surface area contributed by atoms with Crippen molar-refractivity contribution >= 4 is 23.3 Å². The van der Waals surface area contributed by atoms with Gasteiger partial charge in [-0.15, -0.1) is 0 Å². The molecule has 2 N–H and O–H groups in total. The minimum absolute atomic E-state index is 0.0373. The van der Waals surface area contributed by atoms with Crippen LogP contribution in [0.2, 0.25) is 5.02 Å². The zero-order valence-corrected chi connectivity index (χ0v) is 13.0. The number of rotatable bonds is 3. The Bertz CT molecular complexity index is 717. The molecule has 22 heavy (non-hydrogen) atoms. The number of amides is 2. The predicted molar refractivity (Wildman–Crippen MR) is 79.9 cm³/mol. The van der Waals surface area contributed by atoms with Crippen molar-refractivity contribution in [2.75, 3.05) is 5.32 Å². The van der Waals surface area contributed by atoms with Crippen LogP contribution in [0.15, 0.2) is 18.5 Å². The van der Waals surface area contributed by atoms with E-state index in [1.54, 1.807) is 31.0 Å². The highest BCUT2D eigenvalue weighted by Gasteiger charge is 2.18. The maximum Gasteiger partial charge on any atom is 0.319 e. The average Bonchev–Trinajstić information content (AvgIpc) is 2.88. The molecule has 2 amide bonds. The Kier molecular flexibility index (Phi) is 4.65. The molecule has 1 heterocycles. The summed E-state index contributed by atoms with van der Waals surface area (Å²) in [6, 6.07) is -0.135. The van der Waals surface area contributed by atoms with Crippen molar-refractivity contribution in [1.29, 1.82) is 0 Å². The monoisotopic (exact) mass is 328 g/mol. The van der Waals surface area contributed by atoms with Crippen LogP contribution in [0.4, 0.5) is 19.3 Å². The molecular weight excluding hydrogens is 314 g/mol. The Hall–Kier alpha value is -2.15. The van der Waals surface area contributed by atoms with E-state index in [0.29, 0.717) is 0 Å². The molecule has 0 bridgehead atoms. The summed E-state index contributed by atoms with van der Waals surface area (Å²) < 4.78 is 29.3. The van der Waals surface area contributed by atoms with Crippen molar-refractivity contribution in [2.45, 2.75) is 19.9 Å². The van der Waals surface area contributed by atoms with Crippen LogP contribution in [-0.2, 0) is 7.05 Å². The first-order chi connectivity index (χ1) is 10.3. The molecule has 1 atom stereocenters. The molecule has 2 aromatic rings. The van der Waals surface area contributed by atoms with Crippen molar-refractivity contribution < 1.29 is 13.6 Å². The quantitative estimate of drug-likeness (QED) is 0.905. The third-order valence-electron chi connectivity index (χ3n) is 3.21. The Balaban J connectivity index is 2.11. The zero-order chi connectivity index (χ0) is 16.4. The fraction of sp³-hybridized carbons (Fsp3) is 0.286. The van der Waals surface area contributed by atoms with Crippen LogP contribution < -0.4 is 10.6 Å². The van der Waals surface area contributed by atoms with E-state index in [4.69, 9.17) is 11.6 Å². The summed E-state index contributed by atoms with van der Waals surface area (Å²) in [6.07, 6.45) is 3.33. The van der Waals surface area contributed by atoms with Gasteiger partial charge in [0, 0.05) is 29.4 Å². The summed E-state index contributed by atoms with van der Waals surface area (Å²) in [5.41, 5.74) is 0.308. The summed E-state index contributed by atoms with van der Waals surface area (Å²) >= 11 is 5.68. The number of hydrogen-bond acceptors (Lipinski definition) is 2. The lowest BCUT2D eigenvalue weighted by molar-refractivity contribution is 0.249. The van der Waals surface area contributed by atoms with E-state index < -0.39 is 23.4 Å². The van der Waals surface area contributed by atoms with Gasteiger partial charge in [0.15, 0.2) is 11.6 Å². The van der Waals surface area contributed by atoms with E-state index in [0.717, 1.165) is 11.6 Å². The molecule has 0 fully saturated rings. The lowest BCUT2D eigenvalue weighted by Gasteiger charge is -2.15. The molecule has 0 saturated carbocycles. The lowest BCUT2D eigenvalue weighted by Crippen LogP contribution is -2.31. The van der Waals surface area contributed by atoms with Gasteiger partial charge in [0.05, 0.1) is 12.2 Å². The van der Waals surface area contributed by atoms with E-state index in [-0.39, 0.29) is 16.6 Å². The molecule has 8 heteroatoms. The van der Waals surface area contributed by atoms with Crippen molar-refractivity contribution in [1.82, 2.24) is 15.1 Å². The number of carbonyl (C=O) groups is 1. The van der Waals surface area contributed by atoms with E-state index in [1.807, 2.05) is 0 Å². The number of benzene rings is 1. The molecule has 0 aliphatic rings. The van der Waals surface area contributed by atoms with Crippen LogP contribution in [-0.4, -0.2) is 15.8 Å². The number of halogens is 3. The van der Waals surface area contributed by atoms with Gasteiger partial charge in [-0.1, -0.05) is 11.6 Å². The van der Waals surface area contributed by atoms with Gasteiger partial charge in [-0.2, -0.15) is 5.10 Å². The van der Waals surface area contributed by atoms with Gasteiger partial charge < -0.3 is 10.6 Å². The molecule has 0 aliphatic carbocycles. The van der Waals surface area contributed by atoms with Crippen molar-refractivity contribution in [3.63, 3.8) is 0 Å². The summed E-state index contributed by atoms with van der Waals surface area (Å²) in [4.78, 5) is 11.9. The van der Waals surface area contributed by atoms with Gasteiger partial charge in [-0.05, 0) is 19.9 Å². The number of carbonyl (C=O) groups excluding carboxylic acids is 1. The molecule has 0 spiro atoms. The third-order valence-corrected chi connectivity index (χ3v) is 3.60. The number of aryl methyl sites for hydroxylation is 1. The number of nitrogens with one attached hydrogen (secondary N) is 2. The molecule has 0 unspecified atom stereocenters. The highest BCUT2D eigenvalue weighted by molar-refractivity contribution is 6.31. The maximum atomic E-state index is 14.0. The Morgan fingerprint density at radius 1 is 1.45 bits per heavy atom. The highest BCUT2D eigenvalue weighted by Crippen LogP contribution is 2.28. The van der Waals surface area contributed by atoms with Crippen LogP contribution in [0.25, 0.3) is 0 Å². The number of aromatic nitrogens is 2. The summed E-state index contributed by atoms with van der Waals surface area (Å²) in [5, 5.41) is 8.70. The SMILES string of the molecule is Cc1c(Cl)cc(F)c(NC(=O)N[C@@H](C)c2cnn(C)c2)c1F. The molecule has 0 aliphatic heterocycles. The first kappa shape index (κ1) is 16.2. The lowest BCUT2D eigenvalue weighted by atomic mass is 10.2. The molecule has 1 aromatic heterocycles. The van der Waals surface area contributed by atoms with Crippen LogP contribution in [0, 0.1) is 18.6 Å². The Morgan fingerprint density at radius 3 is 2.73 bits per heavy atom. The number of anilines is 1. The molecular formula is C14H15ClF2N4O. The van der Waals surface area contributed by atoms with Gasteiger partial charge in [0.2, 0.25) is 0 Å². The summed E-state index contributed by atoms with van der Waals surface area (Å²) in [6.45, 7) is 3.13. The Morgan fingerprint density at radius 2 is 2.14 bits per heavy atom. The first-order valence-electron chi connectivity index (χ1n) is 6.49. The zero-order valence-electron chi connectivity index (χ0n) is 12.2. The second-order valence-corrected chi connectivity index (χ2v) is 5.33. The molecule has 118 valence electrons. The number of urea groups is 1. The molecule has 0 saturated heterocycles. The van der Waals surface area contributed by atoms with E-state index in [1.165, 1.54) is 6.92 Å². The second kappa shape index (κ2) is 6.31. The fourth-order valence-corrected chi connectivity index (χ4v) is 2.08. The topological polar surface area (TPSA) is 59.0 Å². The minimum atomic E-state index is -0.933. The van der Waals surface area contributed by atoms with Gasteiger partial charge in [0.1, 0.15) is 5.69 Å². The minimum Gasteiger partial charge on any atom is -0.331 e. The van der Waals surface area contributed by atoms with Gasteiger partial charge >= 0.3 is 6.03 Å². The normalized spacial score (nSPS) is 12.1. The van der Waals surface area contributed by atoms with Crippen LogP contribution in [0.1, 0.15) is 24.1 Å². The average molecular weight is 329 g/mol. The fourth-order valence-electron chi connectivity index (χ4n) is 1.90. The van der Waals surface area contributed by atoms with Crippen LogP contribution >= 0.6 is 11.6 Å². The maximum absolute atomic E-state index is 14.0. The summed E-state index contributed by atoms with van der Waals surface area (Å²) in [5.74, 6) is -1.83. The summed E-state index contributed by atoms with van der Waals surface area (Å²) in [7, 11) is 1.75. The van der Waals surface area contributed by atoms with Gasteiger partial charge in [-0.25, -0.2) is 13.6 Å².